The minimum absolute atomic E-state index is 0.270. The van der Waals surface area contributed by atoms with Gasteiger partial charge in [-0.2, -0.15) is 5.26 Å². The third kappa shape index (κ3) is 3.21. The highest BCUT2D eigenvalue weighted by Crippen LogP contribution is 2.40. The summed E-state index contributed by atoms with van der Waals surface area (Å²) in [6, 6.07) is 26.6. The molecule has 0 fully saturated rings. The van der Waals surface area contributed by atoms with Crippen LogP contribution in [0.4, 0.5) is 4.79 Å². The number of carbonyl (C=O) groups excluding carboxylic acids is 1. The van der Waals surface area contributed by atoms with Gasteiger partial charge in [0.05, 0.1) is 33.6 Å². The molecule has 2 heterocycles. The molecule has 0 spiro atoms. The highest BCUT2D eigenvalue weighted by molar-refractivity contribution is 7.19. The second-order valence-corrected chi connectivity index (χ2v) is 7.94. The lowest BCUT2D eigenvalue weighted by Crippen LogP contribution is -2.42. The van der Waals surface area contributed by atoms with Gasteiger partial charge in [-0.25, -0.2) is 9.78 Å². The Kier molecular flexibility index (Phi) is 4.51. The summed E-state index contributed by atoms with van der Waals surface area (Å²) in [4.78, 5) is 17.4. The van der Waals surface area contributed by atoms with E-state index >= 15 is 0 Å². The molecule has 0 aliphatic carbocycles. The third-order valence-corrected chi connectivity index (χ3v) is 6.10. The van der Waals surface area contributed by atoms with Gasteiger partial charge < -0.3 is 10.6 Å². The SMILES string of the molecule is N#Cc1ccc(C2NC(=O)NC(c3ccccc3)=C2c2nc3ccccc3s2)cc1. The summed E-state index contributed by atoms with van der Waals surface area (Å²) in [5.74, 6) is 0. The number of para-hydroxylation sites is 1. The maximum absolute atomic E-state index is 12.6. The molecule has 0 saturated heterocycles. The summed E-state index contributed by atoms with van der Waals surface area (Å²) in [6.45, 7) is 0. The molecule has 0 saturated carbocycles. The second kappa shape index (κ2) is 7.47. The number of amides is 2. The van der Waals surface area contributed by atoms with Crippen molar-refractivity contribution in [2.45, 2.75) is 6.04 Å². The average molecular weight is 408 g/mol. The van der Waals surface area contributed by atoms with Crippen molar-refractivity contribution in [1.82, 2.24) is 15.6 Å². The van der Waals surface area contributed by atoms with Crippen LogP contribution in [0.25, 0.3) is 21.5 Å². The number of benzene rings is 3. The summed E-state index contributed by atoms with van der Waals surface area (Å²) in [7, 11) is 0. The maximum atomic E-state index is 12.6. The second-order valence-electron chi connectivity index (χ2n) is 6.91. The molecule has 2 amide bonds. The minimum Gasteiger partial charge on any atom is -0.327 e. The first-order chi connectivity index (χ1) is 14.7. The van der Waals surface area contributed by atoms with Crippen LogP contribution in [0.15, 0.2) is 78.9 Å². The first-order valence-electron chi connectivity index (χ1n) is 9.46. The summed E-state index contributed by atoms with van der Waals surface area (Å²) < 4.78 is 1.09. The van der Waals surface area contributed by atoms with Gasteiger partial charge in [-0.3, -0.25) is 0 Å². The molecular formula is C24H16N4OS. The van der Waals surface area contributed by atoms with E-state index in [1.807, 2.05) is 66.7 Å². The number of nitrogens with one attached hydrogen (secondary N) is 2. The van der Waals surface area contributed by atoms with E-state index in [2.05, 4.69) is 16.7 Å². The highest BCUT2D eigenvalue weighted by atomic mass is 32.1. The fourth-order valence-electron chi connectivity index (χ4n) is 3.61. The largest absolute Gasteiger partial charge is 0.327 e. The number of rotatable bonds is 3. The zero-order chi connectivity index (χ0) is 20.5. The lowest BCUT2D eigenvalue weighted by atomic mass is 9.92. The number of thiazole rings is 1. The number of aromatic nitrogens is 1. The van der Waals surface area contributed by atoms with E-state index in [0.29, 0.717) is 5.56 Å². The molecule has 5 nitrogen and oxygen atoms in total. The molecule has 1 atom stereocenters. The summed E-state index contributed by atoms with van der Waals surface area (Å²) in [6.07, 6.45) is 0. The van der Waals surface area contributed by atoms with Crippen molar-refractivity contribution in [3.63, 3.8) is 0 Å². The molecule has 1 unspecified atom stereocenters. The summed E-state index contributed by atoms with van der Waals surface area (Å²) in [5, 5.41) is 16.0. The van der Waals surface area contributed by atoms with E-state index in [9.17, 15) is 4.79 Å². The molecule has 0 radical (unpaired) electrons. The maximum Gasteiger partial charge on any atom is 0.320 e. The Morgan fingerprint density at radius 2 is 1.67 bits per heavy atom. The van der Waals surface area contributed by atoms with Crippen molar-refractivity contribution in [2.24, 2.45) is 0 Å². The van der Waals surface area contributed by atoms with Crippen LogP contribution in [-0.2, 0) is 0 Å². The van der Waals surface area contributed by atoms with Gasteiger partial charge in [-0.15, -0.1) is 11.3 Å². The van der Waals surface area contributed by atoms with E-state index < -0.39 is 0 Å². The first-order valence-corrected chi connectivity index (χ1v) is 10.3. The van der Waals surface area contributed by atoms with Gasteiger partial charge in [-0.05, 0) is 35.4 Å². The molecule has 2 N–H and O–H groups in total. The van der Waals surface area contributed by atoms with Crippen molar-refractivity contribution in [3.05, 3.63) is 101 Å². The fraction of sp³-hybridized carbons (Fsp3) is 0.0417. The van der Waals surface area contributed by atoms with Crippen LogP contribution in [0.3, 0.4) is 0 Å². The molecule has 144 valence electrons. The normalized spacial score (nSPS) is 16.1. The molecule has 1 aliphatic rings. The van der Waals surface area contributed by atoms with Crippen molar-refractivity contribution >= 4 is 38.9 Å². The highest BCUT2D eigenvalue weighted by Gasteiger charge is 2.31. The van der Waals surface area contributed by atoms with Gasteiger partial charge in [0, 0.05) is 5.57 Å². The van der Waals surface area contributed by atoms with Crippen molar-refractivity contribution in [3.8, 4) is 6.07 Å². The third-order valence-electron chi connectivity index (χ3n) is 5.03. The first kappa shape index (κ1) is 18.1. The minimum atomic E-state index is -0.387. The van der Waals surface area contributed by atoms with Gasteiger partial charge in [0.2, 0.25) is 0 Å². The Labute approximate surface area is 177 Å². The zero-order valence-electron chi connectivity index (χ0n) is 15.8. The quantitative estimate of drug-likeness (QED) is 0.496. The molecule has 1 aromatic heterocycles. The van der Waals surface area contributed by atoms with Gasteiger partial charge in [-0.1, -0.05) is 54.6 Å². The van der Waals surface area contributed by atoms with E-state index in [-0.39, 0.29) is 12.1 Å². The Morgan fingerprint density at radius 3 is 2.40 bits per heavy atom. The molecule has 6 heteroatoms. The fourth-order valence-corrected chi connectivity index (χ4v) is 4.66. The predicted octanol–water partition coefficient (Wildman–Crippen LogP) is 5.09. The molecule has 3 aromatic carbocycles. The molecule has 0 bridgehead atoms. The van der Waals surface area contributed by atoms with Gasteiger partial charge in [0.25, 0.3) is 0 Å². The van der Waals surface area contributed by atoms with Crippen LogP contribution in [0.5, 0.6) is 0 Å². The number of nitriles is 1. The lowest BCUT2D eigenvalue weighted by Gasteiger charge is -2.30. The van der Waals surface area contributed by atoms with Gasteiger partial charge in [0.15, 0.2) is 0 Å². The van der Waals surface area contributed by atoms with Gasteiger partial charge >= 0.3 is 6.03 Å². The number of hydrogen-bond acceptors (Lipinski definition) is 4. The number of hydrogen-bond donors (Lipinski definition) is 2. The van der Waals surface area contributed by atoms with Crippen LogP contribution in [-0.4, -0.2) is 11.0 Å². The smallest absolute Gasteiger partial charge is 0.320 e. The molecule has 4 aromatic rings. The Morgan fingerprint density at radius 1 is 0.933 bits per heavy atom. The number of fused-ring (bicyclic) bond motifs is 1. The Bertz CT molecular complexity index is 1280. The average Bonchev–Trinajstić information content (AvgIpc) is 3.23. The number of carbonyl (C=O) groups is 1. The molecule has 30 heavy (non-hydrogen) atoms. The van der Waals surface area contributed by atoms with Crippen LogP contribution >= 0.6 is 11.3 Å². The number of urea groups is 1. The zero-order valence-corrected chi connectivity index (χ0v) is 16.6. The van der Waals surface area contributed by atoms with Crippen LogP contribution in [0, 0.1) is 11.3 Å². The van der Waals surface area contributed by atoms with E-state index in [0.717, 1.165) is 37.6 Å². The van der Waals surface area contributed by atoms with Gasteiger partial charge in [0.1, 0.15) is 5.01 Å². The summed E-state index contributed by atoms with van der Waals surface area (Å²) in [5.41, 5.74) is 4.96. The lowest BCUT2D eigenvalue weighted by molar-refractivity contribution is 0.242. The van der Waals surface area contributed by atoms with E-state index in [1.165, 1.54) is 0 Å². The molecular weight excluding hydrogens is 392 g/mol. The molecule has 5 rings (SSSR count). The van der Waals surface area contributed by atoms with Crippen molar-refractivity contribution in [1.29, 1.82) is 5.26 Å². The topological polar surface area (TPSA) is 77.8 Å². The Hall–Kier alpha value is -3.95. The summed E-state index contributed by atoms with van der Waals surface area (Å²) >= 11 is 1.60. The monoisotopic (exact) mass is 408 g/mol. The molecule has 1 aliphatic heterocycles. The van der Waals surface area contributed by atoms with E-state index in [4.69, 9.17) is 10.2 Å². The van der Waals surface area contributed by atoms with Crippen LogP contribution < -0.4 is 10.6 Å². The van der Waals surface area contributed by atoms with Crippen LogP contribution in [0.2, 0.25) is 0 Å². The van der Waals surface area contributed by atoms with Crippen molar-refractivity contribution < 1.29 is 4.79 Å². The Balaban J connectivity index is 1.75. The number of nitrogens with zero attached hydrogens (tertiary/aromatic N) is 2. The van der Waals surface area contributed by atoms with Crippen molar-refractivity contribution in [2.75, 3.05) is 0 Å². The van der Waals surface area contributed by atoms with Crippen LogP contribution in [0.1, 0.15) is 27.7 Å². The standard InChI is InChI=1S/C24H16N4OS/c25-14-15-10-12-17(13-11-15)22-20(23-26-18-8-4-5-9-19(18)30-23)21(27-24(29)28-22)16-6-2-1-3-7-16/h1-13,22H,(H2,27,28,29). The predicted molar refractivity (Wildman–Crippen MR) is 118 cm³/mol. The van der Waals surface area contributed by atoms with E-state index in [1.54, 1.807) is 23.5 Å².